The zero-order chi connectivity index (χ0) is 18.7. The zero-order valence-corrected chi connectivity index (χ0v) is 17.4. The van der Waals surface area contributed by atoms with E-state index in [0.717, 1.165) is 48.7 Å². The number of nitrogens with zero attached hydrogens (tertiary/aromatic N) is 4. The number of hydrogen-bond donors (Lipinski definition) is 1. The summed E-state index contributed by atoms with van der Waals surface area (Å²) < 4.78 is 2.04. The standard InChI is InChI=1S/C20H29N5O.ClH/c1-14(2)13-25-16(4)18(15(3)23-25)10-20(26)24-9-8-22-12-19(24)17-6-5-7-21-11-17;/h5-7,11,14,19,22H,8-10,12-13H2,1-4H3;1H. The Morgan fingerprint density at radius 1 is 1.37 bits per heavy atom. The summed E-state index contributed by atoms with van der Waals surface area (Å²) in [7, 11) is 0. The fourth-order valence-corrected chi connectivity index (χ4v) is 3.64. The van der Waals surface area contributed by atoms with Crippen molar-refractivity contribution in [3.05, 3.63) is 47.0 Å². The lowest BCUT2D eigenvalue weighted by Crippen LogP contribution is -2.49. The van der Waals surface area contributed by atoms with Crippen LogP contribution in [0.2, 0.25) is 0 Å². The fraction of sp³-hybridized carbons (Fsp3) is 0.550. The maximum absolute atomic E-state index is 13.1. The van der Waals surface area contributed by atoms with Crippen LogP contribution in [0.5, 0.6) is 0 Å². The molecule has 27 heavy (non-hydrogen) atoms. The number of carbonyl (C=O) groups is 1. The molecule has 148 valence electrons. The first-order chi connectivity index (χ1) is 12.5. The van der Waals surface area contributed by atoms with Crippen molar-refractivity contribution in [1.29, 1.82) is 0 Å². The molecule has 1 aliphatic heterocycles. The van der Waals surface area contributed by atoms with Crippen molar-refractivity contribution in [3.8, 4) is 0 Å². The van der Waals surface area contributed by atoms with Crippen LogP contribution >= 0.6 is 12.4 Å². The molecule has 1 atom stereocenters. The molecule has 0 aliphatic carbocycles. The minimum Gasteiger partial charge on any atom is -0.333 e. The second-order valence-corrected chi connectivity index (χ2v) is 7.50. The molecule has 1 unspecified atom stereocenters. The molecule has 7 heteroatoms. The molecule has 1 saturated heterocycles. The van der Waals surface area contributed by atoms with Crippen LogP contribution in [0.3, 0.4) is 0 Å². The predicted octanol–water partition coefficient (Wildman–Crippen LogP) is 2.69. The topological polar surface area (TPSA) is 63.1 Å². The quantitative estimate of drug-likeness (QED) is 0.851. The molecular formula is C20H30ClN5O. The molecule has 1 aliphatic rings. The van der Waals surface area contributed by atoms with Gasteiger partial charge in [-0.2, -0.15) is 5.10 Å². The Labute approximate surface area is 167 Å². The fourth-order valence-electron chi connectivity index (χ4n) is 3.64. The third kappa shape index (κ3) is 4.87. The first-order valence-corrected chi connectivity index (χ1v) is 9.40. The molecule has 0 saturated carbocycles. The molecule has 3 heterocycles. The van der Waals surface area contributed by atoms with E-state index in [0.29, 0.717) is 12.3 Å². The minimum atomic E-state index is 0. The first kappa shape index (κ1) is 21.4. The largest absolute Gasteiger partial charge is 0.333 e. The van der Waals surface area contributed by atoms with Crippen LogP contribution in [0.1, 0.15) is 42.4 Å². The Morgan fingerprint density at radius 2 is 2.15 bits per heavy atom. The van der Waals surface area contributed by atoms with Gasteiger partial charge in [-0.15, -0.1) is 12.4 Å². The van der Waals surface area contributed by atoms with Gasteiger partial charge in [0.25, 0.3) is 0 Å². The highest BCUT2D eigenvalue weighted by molar-refractivity contribution is 5.85. The van der Waals surface area contributed by atoms with Crippen molar-refractivity contribution >= 4 is 18.3 Å². The summed E-state index contributed by atoms with van der Waals surface area (Å²) in [5.41, 5.74) is 4.22. The molecular weight excluding hydrogens is 362 g/mol. The SMILES string of the molecule is Cc1nn(CC(C)C)c(C)c1CC(=O)N1CCNCC1c1cccnc1.Cl. The molecule has 0 aromatic carbocycles. The van der Waals surface area contributed by atoms with Crippen LogP contribution in [-0.2, 0) is 17.8 Å². The van der Waals surface area contributed by atoms with E-state index in [-0.39, 0.29) is 24.4 Å². The van der Waals surface area contributed by atoms with Crippen LogP contribution in [-0.4, -0.2) is 45.2 Å². The highest BCUT2D eigenvalue weighted by Crippen LogP contribution is 2.24. The summed E-state index contributed by atoms with van der Waals surface area (Å²) in [6.45, 7) is 11.6. The van der Waals surface area contributed by atoms with Crippen LogP contribution in [0.4, 0.5) is 0 Å². The molecule has 1 amide bonds. The van der Waals surface area contributed by atoms with E-state index in [1.807, 2.05) is 34.8 Å². The minimum absolute atomic E-state index is 0. The average Bonchev–Trinajstić information content (AvgIpc) is 2.89. The van der Waals surface area contributed by atoms with Crippen molar-refractivity contribution in [1.82, 2.24) is 25.0 Å². The van der Waals surface area contributed by atoms with Crippen molar-refractivity contribution in [2.75, 3.05) is 19.6 Å². The summed E-state index contributed by atoms with van der Waals surface area (Å²) in [5.74, 6) is 0.690. The van der Waals surface area contributed by atoms with E-state index in [1.54, 1.807) is 6.20 Å². The van der Waals surface area contributed by atoms with Crippen molar-refractivity contribution < 1.29 is 4.79 Å². The summed E-state index contributed by atoms with van der Waals surface area (Å²) in [5, 5.41) is 8.04. The number of piperazine rings is 1. The van der Waals surface area contributed by atoms with E-state index in [9.17, 15) is 4.79 Å². The number of halogens is 1. The first-order valence-electron chi connectivity index (χ1n) is 9.40. The Morgan fingerprint density at radius 3 is 2.81 bits per heavy atom. The molecule has 0 bridgehead atoms. The number of nitrogens with one attached hydrogen (secondary N) is 1. The highest BCUT2D eigenvalue weighted by atomic mass is 35.5. The smallest absolute Gasteiger partial charge is 0.227 e. The summed E-state index contributed by atoms with van der Waals surface area (Å²) in [4.78, 5) is 19.3. The number of carbonyl (C=O) groups excluding carboxylic acids is 1. The van der Waals surface area contributed by atoms with Gasteiger partial charge in [-0.05, 0) is 31.4 Å². The van der Waals surface area contributed by atoms with Gasteiger partial charge in [0.1, 0.15) is 0 Å². The summed E-state index contributed by atoms with van der Waals surface area (Å²) in [6.07, 6.45) is 4.03. The summed E-state index contributed by atoms with van der Waals surface area (Å²) >= 11 is 0. The van der Waals surface area contributed by atoms with Gasteiger partial charge < -0.3 is 10.2 Å². The Hall–Kier alpha value is -1.92. The van der Waals surface area contributed by atoms with Gasteiger partial charge in [0.2, 0.25) is 5.91 Å². The van der Waals surface area contributed by atoms with Gasteiger partial charge in [-0.3, -0.25) is 14.5 Å². The van der Waals surface area contributed by atoms with Crippen LogP contribution in [0.15, 0.2) is 24.5 Å². The lowest BCUT2D eigenvalue weighted by atomic mass is 10.0. The van der Waals surface area contributed by atoms with Crippen molar-refractivity contribution in [2.45, 2.75) is 46.7 Å². The Bertz CT molecular complexity index is 759. The van der Waals surface area contributed by atoms with Crippen molar-refractivity contribution in [3.63, 3.8) is 0 Å². The molecule has 3 rings (SSSR count). The van der Waals surface area contributed by atoms with Crippen LogP contribution in [0.25, 0.3) is 0 Å². The van der Waals surface area contributed by atoms with Gasteiger partial charge >= 0.3 is 0 Å². The monoisotopic (exact) mass is 391 g/mol. The average molecular weight is 392 g/mol. The van der Waals surface area contributed by atoms with Gasteiger partial charge in [0, 0.05) is 49.8 Å². The predicted molar refractivity (Wildman–Crippen MR) is 109 cm³/mol. The number of pyridine rings is 1. The normalized spacial score (nSPS) is 17.1. The zero-order valence-electron chi connectivity index (χ0n) is 16.6. The van der Waals surface area contributed by atoms with E-state index >= 15 is 0 Å². The number of aromatic nitrogens is 3. The van der Waals surface area contributed by atoms with Crippen LogP contribution < -0.4 is 5.32 Å². The molecule has 2 aromatic heterocycles. The van der Waals surface area contributed by atoms with E-state index in [2.05, 4.69) is 36.2 Å². The van der Waals surface area contributed by atoms with Gasteiger partial charge in [0.05, 0.1) is 18.2 Å². The maximum Gasteiger partial charge on any atom is 0.227 e. The number of rotatable bonds is 5. The summed E-state index contributed by atoms with van der Waals surface area (Å²) in [6, 6.07) is 4.01. The lowest BCUT2D eigenvalue weighted by Gasteiger charge is -2.36. The second kappa shape index (κ2) is 9.33. The number of aryl methyl sites for hydroxylation is 1. The van der Waals surface area contributed by atoms with Gasteiger partial charge in [-0.1, -0.05) is 19.9 Å². The Balaban J connectivity index is 0.00000261. The second-order valence-electron chi connectivity index (χ2n) is 7.50. The molecule has 1 fully saturated rings. The van der Waals surface area contributed by atoms with E-state index < -0.39 is 0 Å². The van der Waals surface area contributed by atoms with Crippen molar-refractivity contribution in [2.24, 2.45) is 5.92 Å². The molecule has 6 nitrogen and oxygen atoms in total. The van der Waals surface area contributed by atoms with E-state index in [1.165, 1.54) is 0 Å². The van der Waals surface area contributed by atoms with Gasteiger partial charge in [-0.25, -0.2) is 0 Å². The Kier molecular flexibility index (Phi) is 7.39. The third-order valence-electron chi connectivity index (χ3n) is 5.03. The third-order valence-corrected chi connectivity index (χ3v) is 5.03. The molecule has 2 aromatic rings. The number of hydrogen-bond acceptors (Lipinski definition) is 4. The molecule has 1 N–H and O–H groups in total. The van der Waals surface area contributed by atoms with Gasteiger partial charge in [0.15, 0.2) is 0 Å². The lowest BCUT2D eigenvalue weighted by molar-refractivity contribution is -0.133. The maximum atomic E-state index is 13.1. The number of amides is 1. The molecule has 0 spiro atoms. The molecule has 0 radical (unpaired) electrons. The van der Waals surface area contributed by atoms with Crippen LogP contribution in [0, 0.1) is 19.8 Å². The highest BCUT2D eigenvalue weighted by Gasteiger charge is 2.29. The van der Waals surface area contributed by atoms with E-state index in [4.69, 9.17) is 0 Å².